The molecule has 0 saturated carbocycles. The van der Waals surface area contributed by atoms with Crippen molar-refractivity contribution in [2.45, 2.75) is 0 Å². The summed E-state index contributed by atoms with van der Waals surface area (Å²) >= 11 is 0. The van der Waals surface area contributed by atoms with Crippen molar-refractivity contribution in [1.29, 1.82) is 0 Å². The first-order chi connectivity index (χ1) is 26.7. The summed E-state index contributed by atoms with van der Waals surface area (Å²) in [6, 6.07) is 57.3. The topological polar surface area (TPSA) is 77.8 Å². The van der Waals surface area contributed by atoms with Crippen LogP contribution in [0.3, 0.4) is 0 Å². The van der Waals surface area contributed by atoms with Crippen molar-refractivity contribution in [3.8, 4) is 56.6 Å². The van der Waals surface area contributed by atoms with Crippen molar-refractivity contribution >= 4 is 54.7 Å². The molecule has 0 aliphatic heterocycles. The highest BCUT2D eigenvalue weighted by molar-refractivity contribution is 6.20. The molecular formula is C48H28N4O2. The lowest BCUT2D eigenvalue weighted by atomic mass is 9.98. The lowest BCUT2D eigenvalue weighted by Gasteiger charge is -2.12. The van der Waals surface area contributed by atoms with Gasteiger partial charge in [-0.15, -0.1) is 0 Å². The van der Waals surface area contributed by atoms with Gasteiger partial charge in [0.1, 0.15) is 16.7 Å². The molecule has 0 fully saturated rings. The number of fused-ring (bicyclic) bond motifs is 8. The number of nitrogens with zero attached hydrogens (tertiary/aromatic N) is 4. The van der Waals surface area contributed by atoms with E-state index in [9.17, 15) is 0 Å². The third-order valence-electron chi connectivity index (χ3n) is 10.1. The maximum Gasteiger partial charge on any atom is 0.227 e. The van der Waals surface area contributed by atoms with E-state index in [0.717, 1.165) is 99.6 Å². The summed E-state index contributed by atoms with van der Waals surface area (Å²) in [5, 5.41) is 5.21. The Hall–Kier alpha value is -7.44. The fourth-order valence-electron chi connectivity index (χ4n) is 7.55. The number of aromatic nitrogens is 4. The number of pyridine rings is 1. The summed E-state index contributed by atoms with van der Waals surface area (Å²) in [5.41, 5.74) is 11.4. The molecule has 0 spiro atoms. The van der Waals surface area contributed by atoms with Gasteiger partial charge >= 0.3 is 0 Å². The van der Waals surface area contributed by atoms with E-state index in [2.05, 4.69) is 72.8 Å². The van der Waals surface area contributed by atoms with E-state index in [4.69, 9.17) is 28.8 Å². The Balaban J connectivity index is 1.06. The summed E-state index contributed by atoms with van der Waals surface area (Å²) in [7, 11) is 0. The molecule has 0 amide bonds. The highest BCUT2D eigenvalue weighted by Gasteiger charge is 2.19. The first-order valence-corrected chi connectivity index (χ1v) is 17.9. The second-order valence-electron chi connectivity index (χ2n) is 13.4. The Morgan fingerprint density at radius 3 is 1.91 bits per heavy atom. The summed E-state index contributed by atoms with van der Waals surface area (Å²) in [4.78, 5) is 20.4. The second kappa shape index (κ2) is 12.1. The molecule has 0 aliphatic carbocycles. The van der Waals surface area contributed by atoms with Crippen LogP contribution >= 0.6 is 0 Å². The molecule has 54 heavy (non-hydrogen) atoms. The lowest BCUT2D eigenvalue weighted by molar-refractivity contribution is 0.620. The van der Waals surface area contributed by atoms with Gasteiger partial charge in [0.25, 0.3) is 0 Å². The number of benzene rings is 7. The standard InChI is InChI=1S/C48H28N4O2/c1-3-12-31(13-4-1)47-50-39(28-40(51-47)36-19-11-18-34-33-16-8-10-21-41(33)53-46(34)36)29-22-24-30(25-23-29)44-37-26-27-42-45(43(37)35-17-7-9-20-38(35)49-44)52-48(54-42)32-14-5-2-6-15-32/h1-28H. The average Bonchev–Trinajstić information content (AvgIpc) is 3.86. The molecule has 0 unspecified atom stereocenters. The second-order valence-corrected chi connectivity index (χ2v) is 13.4. The van der Waals surface area contributed by atoms with Crippen LogP contribution in [0.2, 0.25) is 0 Å². The van der Waals surface area contributed by atoms with Crippen LogP contribution in [0.4, 0.5) is 0 Å². The Bertz CT molecular complexity index is 3200. The molecule has 0 bridgehead atoms. The maximum absolute atomic E-state index is 6.43. The van der Waals surface area contributed by atoms with Gasteiger partial charge in [-0.05, 0) is 48.5 Å². The highest BCUT2D eigenvalue weighted by Crippen LogP contribution is 2.40. The zero-order valence-corrected chi connectivity index (χ0v) is 28.8. The number of rotatable bonds is 5. The summed E-state index contributed by atoms with van der Waals surface area (Å²) in [5.74, 6) is 1.24. The number of hydrogen-bond acceptors (Lipinski definition) is 6. The van der Waals surface area contributed by atoms with Crippen LogP contribution < -0.4 is 0 Å². The van der Waals surface area contributed by atoms with Crippen LogP contribution in [0.1, 0.15) is 0 Å². The Kier molecular flexibility index (Phi) is 6.75. The summed E-state index contributed by atoms with van der Waals surface area (Å²) in [6.45, 7) is 0. The van der Waals surface area contributed by atoms with E-state index >= 15 is 0 Å². The van der Waals surface area contributed by atoms with E-state index in [0.29, 0.717) is 11.7 Å². The fraction of sp³-hybridized carbons (Fsp3) is 0. The minimum absolute atomic E-state index is 0.598. The van der Waals surface area contributed by atoms with Crippen molar-refractivity contribution in [3.63, 3.8) is 0 Å². The first kappa shape index (κ1) is 30.2. The third kappa shape index (κ3) is 4.89. The monoisotopic (exact) mass is 692 g/mol. The zero-order chi connectivity index (χ0) is 35.6. The molecule has 6 heteroatoms. The largest absolute Gasteiger partial charge is 0.455 e. The van der Waals surface area contributed by atoms with Gasteiger partial charge in [0.2, 0.25) is 5.89 Å². The van der Waals surface area contributed by atoms with E-state index in [1.54, 1.807) is 0 Å². The minimum Gasteiger partial charge on any atom is -0.455 e. The normalized spacial score (nSPS) is 11.7. The molecule has 0 radical (unpaired) electrons. The smallest absolute Gasteiger partial charge is 0.227 e. The molecule has 0 atom stereocenters. The summed E-state index contributed by atoms with van der Waals surface area (Å²) < 4.78 is 12.7. The molecule has 0 saturated heterocycles. The molecule has 0 N–H and O–H groups in total. The van der Waals surface area contributed by atoms with Gasteiger partial charge in [0.05, 0.1) is 22.6 Å². The zero-order valence-electron chi connectivity index (χ0n) is 28.8. The molecule has 252 valence electrons. The van der Waals surface area contributed by atoms with Gasteiger partial charge in [-0.3, -0.25) is 0 Å². The molecular weight excluding hydrogens is 665 g/mol. The van der Waals surface area contributed by atoms with Gasteiger partial charge in [-0.25, -0.2) is 19.9 Å². The Morgan fingerprint density at radius 2 is 1.07 bits per heavy atom. The van der Waals surface area contributed by atoms with Crippen molar-refractivity contribution < 1.29 is 8.83 Å². The fourth-order valence-corrected chi connectivity index (χ4v) is 7.55. The number of furan rings is 1. The molecule has 7 aromatic carbocycles. The van der Waals surface area contributed by atoms with E-state index in [1.807, 2.05) is 97.1 Å². The van der Waals surface area contributed by atoms with Crippen LogP contribution in [0.15, 0.2) is 179 Å². The number of hydrogen-bond donors (Lipinski definition) is 0. The predicted molar refractivity (Wildman–Crippen MR) is 217 cm³/mol. The highest BCUT2D eigenvalue weighted by atomic mass is 16.3. The third-order valence-corrected chi connectivity index (χ3v) is 10.1. The van der Waals surface area contributed by atoms with Crippen molar-refractivity contribution in [1.82, 2.24) is 19.9 Å². The van der Waals surface area contributed by atoms with Gasteiger partial charge in [0, 0.05) is 54.7 Å². The van der Waals surface area contributed by atoms with Crippen LogP contribution in [-0.2, 0) is 0 Å². The van der Waals surface area contributed by atoms with Gasteiger partial charge < -0.3 is 8.83 Å². The minimum atomic E-state index is 0.598. The molecule has 4 heterocycles. The van der Waals surface area contributed by atoms with Gasteiger partial charge in [0.15, 0.2) is 11.4 Å². The van der Waals surface area contributed by atoms with E-state index in [1.165, 1.54) is 0 Å². The Morgan fingerprint density at radius 1 is 0.389 bits per heavy atom. The van der Waals surface area contributed by atoms with Gasteiger partial charge in [-0.1, -0.05) is 121 Å². The SMILES string of the molecule is c1ccc(-c2nc(-c3ccc(-c4nc5ccccc5c5c4ccc4oc(-c6ccccc6)nc45)cc3)cc(-c3cccc4c3oc3ccccc34)n2)cc1. The predicted octanol–water partition coefficient (Wildman–Crippen LogP) is 12.6. The molecule has 11 aromatic rings. The van der Waals surface area contributed by atoms with Crippen LogP contribution in [0, 0.1) is 0 Å². The molecule has 0 aliphatic rings. The van der Waals surface area contributed by atoms with E-state index < -0.39 is 0 Å². The molecule has 6 nitrogen and oxygen atoms in total. The molecule has 4 aromatic heterocycles. The summed E-state index contributed by atoms with van der Waals surface area (Å²) in [6.07, 6.45) is 0. The van der Waals surface area contributed by atoms with Crippen molar-refractivity contribution in [2.24, 2.45) is 0 Å². The number of para-hydroxylation sites is 3. The van der Waals surface area contributed by atoms with Crippen molar-refractivity contribution in [3.05, 3.63) is 170 Å². The first-order valence-electron chi connectivity index (χ1n) is 17.9. The van der Waals surface area contributed by atoms with Crippen LogP contribution in [-0.4, -0.2) is 19.9 Å². The molecule has 11 rings (SSSR count). The maximum atomic E-state index is 6.43. The van der Waals surface area contributed by atoms with E-state index in [-0.39, 0.29) is 0 Å². The van der Waals surface area contributed by atoms with Crippen LogP contribution in [0.5, 0.6) is 0 Å². The number of oxazole rings is 1. The Labute approximate surface area is 309 Å². The van der Waals surface area contributed by atoms with Crippen LogP contribution in [0.25, 0.3) is 111 Å². The lowest BCUT2D eigenvalue weighted by Crippen LogP contribution is -1.96. The average molecular weight is 693 g/mol. The van der Waals surface area contributed by atoms with Crippen molar-refractivity contribution in [2.75, 3.05) is 0 Å². The van der Waals surface area contributed by atoms with Gasteiger partial charge in [-0.2, -0.15) is 0 Å². The quantitative estimate of drug-likeness (QED) is 0.167.